The molecule has 0 bridgehead atoms. The van der Waals surface area contributed by atoms with Crippen LogP contribution in [0.2, 0.25) is 5.02 Å². The van der Waals surface area contributed by atoms with Crippen molar-refractivity contribution in [1.29, 1.82) is 0 Å². The molecule has 0 unspecified atom stereocenters. The number of amides is 2. The average molecular weight is 531 g/mol. The third kappa shape index (κ3) is 5.28. The number of nitrogen functional groups attached to an aromatic ring is 2. The van der Waals surface area contributed by atoms with Crippen LogP contribution < -0.4 is 16.8 Å². The summed E-state index contributed by atoms with van der Waals surface area (Å²) in [5.41, 5.74) is 15.9. The molecule has 2 amide bonds. The molecule has 38 heavy (non-hydrogen) atoms. The lowest BCUT2D eigenvalue weighted by atomic mass is 10.0. The quantitative estimate of drug-likeness (QED) is 0.351. The molecule has 192 valence electrons. The minimum absolute atomic E-state index is 0.107. The molecule has 10 heteroatoms. The molecule has 5 rings (SSSR count). The highest BCUT2D eigenvalue weighted by molar-refractivity contribution is 6.33. The second kappa shape index (κ2) is 10.5. The molecule has 4 aromatic rings. The number of hydrogen-bond donors (Lipinski definition) is 3. The van der Waals surface area contributed by atoms with Crippen LogP contribution in [0.3, 0.4) is 0 Å². The predicted molar refractivity (Wildman–Crippen MR) is 145 cm³/mol. The number of nitrogens with one attached hydrogen (secondary N) is 1. The normalized spacial score (nSPS) is 14.9. The Morgan fingerprint density at radius 3 is 2.47 bits per heavy atom. The van der Waals surface area contributed by atoms with Crippen LogP contribution in [0.5, 0.6) is 0 Å². The first-order valence-corrected chi connectivity index (χ1v) is 12.3. The van der Waals surface area contributed by atoms with Crippen molar-refractivity contribution in [1.82, 2.24) is 20.2 Å². The minimum atomic E-state index is -0.411. The van der Waals surface area contributed by atoms with Gasteiger partial charge in [0.25, 0.3) is 11.8 Å². The molecule has 1 saturated heterocycles. The van der Waals surface area contributed by atoms with E-state index < -0.39 is 5.82 Å². The van der Waals surface area contributed by atoms with Crippen LogP contribution in [-0.2, 0) is 0 Å². The Labute approximate surface area is 223 Å². The minimum Gasteiger partial charge on any atom is -0.397 e. The van der Waals surface area contributed by atoms with Gasteiger partial charge in [-0.2, -0.15) is 0 Å². The summed E-state index contributed by atoms with van der Waals surface area (Å²) in [4.78, 5) is 36.0. The van der Waals surface area contributed by atoms with Gasteiger partial charge in [0.2, 0.25) is 0 Å². The molecule has 1 aliphatic heterocycles. The van der Waals surface area contributed by atoms with Crippen LogP contribution in [0.1, 0.15) is 27.1 Å². The first kappa shape index (κ1) is 25.2. The Morgan fingerprint density at radius 2 is 1.74 bits per heavy atom. The van der Waals surface area contributed by atoms with Gasteiger partial charge in [-0.25, -0.2) is 9.37 Å². The number of halogens is 2. The van der Waals surface area contributed by atoms with Crippen molar-refractivity contribution in [2.45, 2.75) is 12.5 Å². The van der Waals surface area contributed by atoms with Crippen molar-refractivity contribution in [2.75, 3.05) is 24.6 Å². The Hall–Kier alpha value is -4.50. The molecule has 3 heterocycles. The summed E-state index contributed by atoms with van der Waals surface area (Å²) >= 11 is 6.16. The summed E-state index contributed by atoms with van der Waals surface area (Å²) in [6.45, 7) is 0.861. The van der Waals surface area contributed by atoms with Crippen LogP contribution in [-0.4, -0.2) is 45.8 Å². The summed E-state index contributed by atoms with van der Waals surface area (Å²) in [6, 6.07) is 14.3. The van der Waals surface area contributed by atoms with E-state index in [4.69, 9.17) is 23.1 Å². The number of benzene rings is 2. The van der Waals surface area contributed by atoms with E-state index in [9.17, 15) is 14.0 Å². The number of rotatable bonds is 5. The Kier molecular flexibility index (Phi) is 6.93. The lowest BCUT2D eigenvalue weighted by Gasteiger charge is -2.18. The third-order valence-electron chi connectivity index (χ3n) is 6.44. The molecular weight excluding hydrogens is 507 g/mol. The maximum Gasteiger partial charge on any atom is 0.255 e. The monoisotopic (exact) mass is 530 g/mol. The van der Waals surface area contributed by atoms with Gasteiger partial charge >= 0.3 is 0 Å². The molecule has 5 N–H and O–H groups in total. The standard InChI is InChI=1S/C28H24ClFN6O2/c29-25-11-20(30)5-6-23(25)16-1-3-17(4-2-16)28(38)36-8-7-22(15-36)35-27(37)24-10-19(13-34-26(24)32)18-9-21(31)14-33-12-18/h1-6,9-14,22H,7-8,15,31H2,(H2,32,34)(H,35,37)/t22-/m1/s1. The lowest BCUT2D eigenvalue weighted by molar-refractivity contribution is 0.0783. The Bertz CT molecular complexity index is 1530. The van der Waals surface area contributed by atoms with Gasteiger partial charge in [-0.15, -0.1) is 0 Å². The Balaban J connectivity index is 1.24. The molecule has 1 atom stereocenters. The van der Waals surface area contributed by atoms with Crippen LogP contribution in [0.4, 0.5) is 15.9 Å². The fourth-order valence-corrected chi connectivity index (χ4v) is 4.73. The number of nitrogens with two attached hydrogens (primary N) is 2. The number of carbonyl (C=O) groups is 2. The van der Waals surface area contributed by atoms with Crippen molar-refractivity contribution in [3.8, 4) is 22.3 Å². The van der Waals surface area contributed by atoms with Crippen LogP contribution >= 0.6 is 11.6 Å². The van der Waals surface area contributed by atoms with Crippen molar-refractivity contribution in [2.24, 2.45) is 0 Å². The molecule has 2 aromatic heterocycles. The van der Waals surface area contributed by atoms with Gasteiger partial charge < -0.3 is 21.7 Å². The van der Waals surface area contributed by atoms with Crippen LogP contribution in [0.25, 0.3) is 22.3 Å². The van der Waals surface area contributed by atoms with Crippen LogP contribution in [0, 0.1) is 5.82 Å². The van der Waals surface area contributed by atoms with E-state index in [0.29, 0.717) is 46.9 Å². The van der Waals surface area contributed by atoms with Gasteiger partial charge in [0.05, 0.1) is 16.3 Å². The summed E-state index contributed by atoms with van der Waals surface area (Å²) in [6.07, 6.45) is 5.33. The number of hydrogen-bond acceptors (Lipinski definition) is 6. The molecule has 1 fully saturated rings. The van der Waals surface area contributed by atoms with Crippen molar-refractivity contribution in [3.05, 3.63) is 95.2 Å². The molecule has 2 aromatic carbocycles. The van der Waals surface area contributed by atoms with Crippen molar-refractivity contribution < 1.29 is 14.0 Å². The fourth-order valence-electron chi connectivity index (χ4n) is 4.45. The maximum atomic E-state index is 13.4. The number of nitrogens with zero attached hydrogens (tertiary/aromatic N) is 3. The van der Waals surface area contributed by atoms with E-state index in [-0.39, 0.29) is 29.2 Å². The van der Waals surface area contributed by atoms with E-state index in [2.05, 4.69) is 15.3 Å². The summed E-state index contributed by atoms with van der Waals surface area (Å²) in [5.74, 6) is -0.814. The predicted octanol–water partition coefficient (Wildman–Crippen LogP) is 4.41. The fraction of sp³-hybridized carbons (Fsp3) is 0.143. The van der Waals surface area contributed by atoms with Gasteiger partial charge in [-0.1, -0.05) is 23.7 Å². The van der Waals surface area contributed by atoms with Gasteiger partial charge in [0.1, 0.15) is 11.6 Å². The first-order chi connectivity index (χ1) is 18.3. The average Bonchev–Trinajstić information content (AvgIpc) is 3.37. The van der Waals surface area contributed by atoms with E-state index in [0.717, 1.165) is 11.1 Å². The van der Waals surface area contributed by atoms with Gasteiger partial charge in [-0.05, 0) is 54.4 Å². The van der Waals surface area contributed by atoms with Gasteiger partial charge in [0, 0.05) is 60.0 Å². The highest BCUT2D eigenvalue weighted by Crippen LogP contribution is 2.29. The van der Waals surface area contributed by atoms with E-state index in [1.165, 1.54) is 18.3 Å². The number of likely N-dealkylation sites (tertiary alicyclic amines) is 1. The molecule has 0 saturated carbocycles. The highest BCUT2D eigenvalue weighted by Gasteiger charge is 2.29. The summed E-state index contributed by atoms with van der Waals surface area (Å²) in [7, 11) is 0. The lowest BCUT2D eigenvalue weighted by Crippen LogP contribution is -2.38. The van der Waals surface area contributed by atoms with Crippen LogP contribution in [0.15, 0.2) is 73.2 Å². The first-order valence-electron chi connectivity index (χ1n) is 11.9. The van der Waals surface area contributed by atoms with Crippen molar-refractivity contribution >= 4 is 34.9 Å². The second-order valence-corrected chi connectivity index (χ2v) is 9.48. The number of aromatic nitrogens is 2. The smallest absolute Gasteiger partial charge is 0.255 e. The van der Waals surface area contributed by atoms with Gasteiger partial charge in [0.15, 0.2) is 0 Å². The summed E-state index contributed by atoms with van der Waals surface area (Å²) < 4.78 is 13.4. The Morgan fingerprint density at radius 1 is 0.974 bits per heavy atom. The largest absolute Gasteiger partial charge is 0.397 e. The number of anilines is 2. The topological polar surface area (TPSA) is 127 Å². The maximum absolute atomic E-state index is 13.4. The molecular formula is C28H24ClFN6O2. The molecule has 8 nitrogen and oxygen atoms in total. The van der Waals surface area contributed by atoms with Gasteiger partial charge in [-0.3, -0.25) is 14.6 Å². The molecule has 1 aliphatic rings. The van der Waals surface area contributed by atoms with Crippen molar-refractivity contribution in [3.63, 3.8) is 0 Å². The zero-order valence-corrected chi connectivity index (χ0v) is 21.0. The number of pyridine rings is 2. The molecule has 0 spiro atoms. The van der Waals surface area contributed by atoms with E-state index in [1.807, 2.05) is 0 Å². The third-order valence-corrected chi connectivity index (χ3v) is 6.75. The number of carbonyl (C=O) groups excluding carboxylic acids is 2. The van der Waals surface area contributed by atoms with E-state index >= 15 is 0 Å². The highest BCUT2D eigenvalue weighted by atomic mass is 35.5. The second-order valence-electron chi connectivity index (χ2n) is 9.08. The SMILES string of the molecule is Nc1cncc(-c2cnc(N)c(C(=O)N[C@@H]3CCN(C(=O)c4ccc(-c5ccc(F)cc5Cl)cc4)C3)c2)c1. The molecule has 0 radical (unpaired) electrons. The van der Waals surface area contributed by atoms with E-state index in [1.54, 1.807) is 59.8 Å². The molecule has 0 aliphatic carbocycles. The zero-order chi connectivity index (χ0) is 26.8. The zero-order valence-electron chi connectivity index (χ0n) is 20.2. The summed E-state index contributed by atoms with van der Waals surface area (Å²) in [5, 5.41) is 3.26.